The summed E-state index contributed by atoms with van der Waals surface area (Å²) in [4.78, 5) is 2.45. The summed E-state index contributed by atoms with van der Waals surface area (Å²) in [7, 11) is 0. The van der Waals surface area contributed by atoms with Crippen LogP contribution in [0.1, 0.15) is 29.0 Å². The molecule has 1 saturated heterocycles. The van der Waals surface area contributed by atoms with Crippen molar-refractivity contribution in [3.05, 3.63) is 71.3 Å². The fourth-order valence-electron chi connectivity index (χ4n) is 2.98. The first-order chi connectivity index (χ1) is 9.86. The summed E-state index contributed by atoms with van der Waals surface area (Å²) in [6.45, 7) is 3.08. The minimum atomic E-state index is 0.630. The third kappa shape index (κ3) is 2.74. The highest BCUT2D eigenvalue weighted by atomic mass is 15.1. The molecule has 0 amide bonds. The summed E-state index contributed by atoms with van der Waals surface area (Å²) >= 11 is 0. The maximum absolute atomic E-state index is 9.15. The lowest BCUT2D eigenvalue weighted by molar-refractivity contribution is 0.326. The van der Waals surface area contributed by atoms with Gasteiger partial charge in [-0.05, 0) is 36.1 Å². The van der Waals surface area contributed by atoms with Crippen LogP contribution in [0, 0.1) is 11.3 Å². The number of nitriles is 1. The third-order valence-corrected chi connectivity index (χ3v) is 4.08. The van der Waals surface area contributed by atoms with E-state index in [0.717, 1.165) is 30.8 Å². The number of nitrogens with zero attached hydrogens (tertiary/aromatic N) is 2. The molecule has 100 valence electrons. The van der Waals surface area contributed by atoms with E-state index in [1.807, 2.05) is 18.2 Å². The van der Waals surface area contributed by atoms with Crippen LogP contribution >= 0.6 is 0 Å². The normalized spacial score (nSPS) is 18.9. The van der Waals surface area contributed by atoms with Gasteiger partial charge in [-0.2, -0.15) is 5.26 Å². The molecule has 0 radical (unpaired) electrons. The Morgan fingerprint density at radius 3 is 2.60 bits per heavy atom. The Morgan fingerprint density at radius 1 is 1.05 bits per heavy atom. The van der Waals surface area contributed by atoms with Crippen LogP contribution in [0.3, 0.4) is 0 Å². The molecule has 2 aromatic rings. The lowest BCUT2D eigenvalue weighted by Crippen LogP contribution is -2.20. The predicted molar refractivity (Wildman–Crippen MR) is 80.2 cm³/mol. The minimum Gasteiger partial charge on any atom is -0.298 e. The molecule has 0 aromatic heterocycles. The second-order valence-electron chi connectivity index (χ2n) is 5.40. The van der Waals surface area contributed by atoms with Crippen LogP contribution in [0.5, 0.6) is 0 Å². The van der Waals surface area contributed by atoms with Crippen LogP contribution in [0.15, 0.2) is 54.6 Å². The summed E-state index contributed by atoms with van der Waals surface area (Å²) in [6, 6.07) is 20.9. The molecule has 0 spiro atoms. The lowest BCUT2D eigenvalue weighted by atomic mass is 9.99. The van der Waals surface area contributed by atoms with Crippen molar-refractivity contribution in [2.75, 3.05) is 13.1 Å². The zero-order valence-electron chi connectivity index (χ0n) is 11.5. The van der Waals surface area contributed by atoms with Crippen molar-refractivity contribution >= 4 is 0 Å². The Hall–Kier alpha value is -2.11. The topological polar surface area (TPSA) is 27.0 Å². The first kappa shape index (κ1) is 12.9. The summed E-state index contributed by atoms with van der Waals surface area (Å²) in [5.74, 6) is 0.630. The molecule has 2 heteroatoms. The van der Waals surface area contributed by atoms with Crippen molar-refractivity contribution < 1.29 is 0 Å². The molecule has 1 fully saturated rings. The van der Waals surface area contributed by atoms with Gasteiger partial charge in [0.2, 0.25) is 0 Å². The average molecular weight is 262 g/mol. The molecule has 0 saturated carbocycles. The van der Waals surface area contributed by atoms with Gasteiger partial charge in [0, 0.05) is 13.1 Å². The Balaban J connectivity index is 1.68. The molecule has 1 atom stereocenters. The second kappa shape index (κ2) is 5.90. The first-order valence-electron chi connectivity index (χ1n) is 7.12. The smallest absolute Gasteiger partial charge is 0.0995 e. The van der Waals surface area contributed by atoms with Gasteiger partial charge in [0.1, 0.15) is 0 Å². The van der Waals surface area contributed by atoms with Gasteiger partial charge in [-0.15, -0.1) is 0 Å². The van der Waals surface area contributed by atoms with Crippen molar-refractivity contribution in [2.24, 2.45) is 0 Å². The van der Waals surface area contributed by atoms with E-state index < -0.39 is 0 Å². The van der Waals surface area contributed by atoms with Gasteiger partial charge >= 0.3 is 0 Å². The monoisotopic (exact) mass is 262 g/mol. The van der Waals surface area contributed by atoms with Crippen LogP contribution in [0.2, 0.25) is 0 Å². The van der Waals surface area contributed by atoms with Crippen LogP contribution in [0.4, 0.5) is 0 Å². The highest BCUT2D eigenvalue weighted by Gasteiger charge is 2.23. The van der Waals surface area contributed by atoms with Gasteiger partial charge in [0.15, 0.2) is 0 Å². The van der Waals surface area contributed by atoms with E-state index >= 15 is 0 Å². The number of hydrogen-bond donors (Lipinski definition) is 0. The largest absolute Gasteiger partial charge is 0.298 e. The summed E-state index contributed by atoms with van der Waals surface area (Å²) < 4.78 is 0. The number of benzene rings is 2. The molecule has 2 nitrogen and oxygen atoms in total. The van der Waals surface area contributed by atoms with Crippen LogP contribution in [0.25, 0.3) is 0 Å². The van der Waals surface area contributed by atoms with E-state index in [-0.39, 0.29) is 0 Å². The summed E-state index contributed by atoms with van der Waals surface area (Å²) in [5.41, 5.74) is 3.38. The summed E-state index contributed by atoms with van der Waals surface area (Å²) in [6.07, 6.45) is 1.21. The first-order valence-corrected chi connectivity index (χ1v) is 7.12. The molecule has 1 aliphatic rings. The molecule has 2 aromatic carbocycles. The average Bonchev–Trinajstić information content (AvgIpc) is 2.97. The highest BCUT2D eigenvalue weighted by Crippen LogP contribution is 2.28. The van der Waals surface area contributed by atoms with Crippen molar-refractivity contribution in [2.45, 2.75) is 18.9 Å². The fourth-order valence-corrected chi connectivity index (χ4v) is 2.98. The van der Waals surface area contributed by atoms with E-state index in [0.29, 0.717) is 5.92 Å². The standard InChI is InChI=1S/C18H18N2/c19-12-16-8-4-5-9-17(16)13-20-11-10-18(14-20)15-6-2-1-3-7-15/h1-9,18H,10-11,13-14H2/t18-/m1/s1. The lowest BCUT2D eigenvalue weighted by Gasteiger charge is -2.17. The van der Waals surface area contributed by atoms with E-state index in [9.17, 15) is 0 Å². The van der Waals surface area contributed by atoms with Gasteiger partial charge in [0.05, 0.1) is 11.6 Å². The number of likely N-dealkylation sites (tertiary alicyclic amines) is 1. The Labute approximate surface area is 120 Å². The zero-order chi connectivity index (χ0) is 13.8. The van der Waals surface area contributed by atoms with Gasteiger partial charge in [-0.3, -0.25) is 4.90 Å². The molecule has 0 aliphatic carbocycles. The second-order valence-corrected chi connectivity index (χ2v) is 5.40. The van der Waals surface area contributed by atoms with E-state index in [1.54, 1.807) is 0 Å². The van der Waals surface area contributed by atoms with Gasteiger partial charge < -0.3 is 0 Å². The van der Waals surface area contributed by atoms with E-state index in [1.165, 1.54) is 12.0 Å². The molecule has 0 N–H and O–H groups in total. The van der Waals surface area contributed by atoms with Crippen LogP contribution in [-0.2, 0) is 6.54 Å². The molecular weight excluding hydrogens is 244 g/mol. The van der Waals surface area contributed by atoms with Gasteiger partial charge in [-0.25, -0.2) is 0 Å². The van der Waals surface area contributed by atoms with E-state index in [4.69, 9.17) is 5.26 Å². The summed E-state index contributed by atoms with van der Waals surface area (Å²) in [5, 5.41) is 9.15. The molecule has 1 aliphatic heterocycles. The molecule has 0 bridgehead atoms. The Kier molecular flexibility index (Phi) is 3.80. The van der Waals surface area contributed by atoms with Crippen molar-refractivity contribution in [3.8, 4) is 6.07 Å². The van der Waals surface area contributed by atoms with Crippen molar-refractivity contribution in [3.63, 3.8) is 0 Å². The number of hydrogen-bond acceptors (Lipinski definition) is 2. The van der Waals surface area contributed by atoms with Crippen molar-refractivity contribution in [1.82, 2.24) is 4.90 Å². The maximum atomic E-state index is 9.15. The van der Waals surface area contributed by atoms with Crippen molar-refractivity contribution in [1.29, 1.82) is 5.26 Å². The highest BCUT2D eigenvalue weighted by molar-refractivity contribution is 5.37. The quantitative estimate of drug-likeness (QED) is 0.846. The zero-order valence-corrected chi connectivity index (χ0v) is 11.5. The SMILES string of the molecule is N#Cc1ccccc1CN1CC[C@@H](c2ccccc2)C1. The minimum absolute atomic E-state index is 0.630. The number of rotatable bonds is 3. The molecule has 1 heterocycles. The van der Waals surface area contributed by atoms with Crippen LogP contribution in [-0.4, -0.2) is 18.0 Å². The van der Waals surface area contributed by atoms with Crippen LogP contribution < -0.4 is 0 Å². The molecular formula is C18H18N2. The Morgan fingerprint density at radius 2 is 1.80 bits per heavy atom. The molecule has 20 heavy (non-hydrogen) atoms. The fraction of sp³-hybridized carbons (Fsp3) is 0.278. The molecule has 0 unspecified atom stereocenters. The Bertz CT molecular complexity index is 613. The predicted octanol–water partition coefficient (Wildman–Crippen LogP) is 3.55. The third-order valence-electron chi connectivity index (χ3n) is 4.08. The van der Waals surface area contributed by atoms with E-state index in [2.05, 4.69) is 47.4 Å². The van der Waals surface area contributed by atoms with Gasteiger partial charge in [0.25, 0.3) is 0 Å². The molecule has 3 rings (SSSR count). The van der Waals surface area contributed by atoms with Gasteiger partial charge in [-0.1, -0.05) is 48.5 Å². The maximum Gasteiger partial charge on any atom is 0.0995 e.